The molecule has 1 heteroatoms. The van der Waals surface area contributed by atoms with Crippen LogP contribution in [-0.2, 0) is 0 Å². The maximum atomic E-state index is 3.94. The molecule has 0 aromatic carbocycles. The Morgan fingerprint density at radius 3 is 2.04 bits per heavy atom. The van der Waals surface area contributed by atoms with Gasteiger partial charge in [0.05, 0.1) is 0 Å². The number of rotatable bonds is 13. The van der Waals surface area contributed by atoms with Gasteiger partial charge in [-0.2, -0.15) is 0 Å². The van der Waals surface area contributed by atoms with Crippen molar-refractivity contribution in [3.63, 3.8) is 0 Å². The maximum absolute atomic E-state index is 3.94. The summed E-state index contributed by atoms with van der Waals surface area (Å²) >= 11 is -2.01. The third-order valence-electron chi connectivity index (χ3n) is 4.72. The van der Waals surface area contributed by atoms with Gasteiger partial charge in [-0.3, -0.25) is 0 Å². The van der Waals surface area contributed by atoms with Crippen molar-refractivity contribution in [2.24, 2.45) is 0 Å². The molecule has 0 saturated heterocycles. The summed E-state index contributed by atoms with van der Waals surface area (Å²) in [7, 11) is 0. The van der Waals surface area contributed by atoms with Gasteiger partial charge in [-0.1, -0.05) is 0 Å². The predicted octanol–water partition coefficient (Wildman–Crippen LogP) is 8.63. The van der Waals surface area contributed by atoms with E-state index in [2.05, 4.69) is 59.2 Å². The van der Waals surface area contributed by atoms with Crippen molar-refractivity contribution in [3.05, 3.63) is 33.5 Å². The Hall–Kier alpha value is -0.421. The van der Waals surface area contributed by atoms with Crippen LogP contribution in [0.5, 0.6) is 0 Å². The quantitative estimate of drug-likeness (QED) is 0.146. The average Bonchev–Trinajstić information content (AvgIpc) is 2.56. The van der Waals surface area contributed by atoms with Crippen LogP contribution >= 0.6 is 0 Å². The fourth-order valence-electron chi connectivity index (χ4n) is 2.91. The van der Waals surface area contributed by atoms with Gasteiger partial charge in [0, 0.05) is 0 Å². The molecule has 0 nitrogen and oxygen atoms in total. The SMILES string of the molecule is C=C(C)C#C/C(=C\C/[C](=C\CCCC)[Sn]([CH3])([CH3])[CH3])CCCCCCCC. The molecular weight excluding hydrogens is 419 g/mol. The standard InChI is InChI=1S/C22H35.3CH3.Sn/c1-5-7-9-11-13-15-17-22(20-19-21(3)4)18-16-14-12-10-8-6-2;;;;/h11,17H,3,5-10,12,14-16,18H2,1-2,4H3;3*1H3;/b13-11?,22-17-;;;;. The molecular formula is C25H44Sn. The van der Waals surface area contributed by atoms with Crippen LogP contribution in [0, 0.1) is 11.8 Å². The summed E-state index contributed by atoms with van der Waals surface area (Å²) in [5, 5.41) is 0. The molecule has 0 aliphatic rings. The molecule has 0 aliphatic heterocycles. The number of allylic oxidation sites excluding steroid dienone is 5. The molecule has 0 atom stereocenters. The molecule has 0 aliphatic carbocycles. The predicted molar refractivity (Wildman–Crippen MR) is 124 cm³/mol. The van der Waals surface area contributed by atoms with Crippen molar-refractivity contribution < 1.29 is 0 Å². The Bertz CT molecular complexity index is 502. The zero-order valence-electron chi connectivity index (χ0n) is 18.6. The molecule has 0 heterocycles. The summed E-state index contributed by atoms with van der Waals surface area (Å²) in [4.78, 5) is 7.60. The molecule has 0 unspecified atom stereocenters. The Labute approximate surface area is 169 Å². The molecule has 0 N–H and O–H groups in total. The van der Waals surface area contributed by atoms with Crippen molar-refractivity contribution in [1.29, 1.82) is 0 Å². The second-order valence-corrected chi connectivity index (χ2v) is 23.3. The Balaban J connectivity index is 4.90. The van der Waals surface area contributed by atoms with Crippen molar-refractivity contribution in [3.8, 4) is 11.8 Å². The van der Waals surface area contributed by atoms with Gasteiger partial charge in [-0.25, -0.2) is 0 Å². The summed E-state index contributed by atoms with van der Waals surface area (Å²) in [6.45, 7) is 10.5. The minimum absolute atomic E-state index is 0.965. The van der Waals surface area contributed by atoms with E-state index in [9.17, 15) is 0 Å². The van der Waals surface area contributed by atoms with E-state index >= 15 is 0 Å². The van der Waals surface area contributed by atoms with Crippen molar-refractivity contribution in [2.75, 3.05) is 0 Å². The molecule has 148 valence electrons. The van der Waals surface area contributed by atoms with Crippen LogP contribution in [0.1, 0.15) is 91.4 Å². The van der Waals surface area contributed by atoms with Crippen LogP contribution in [0.25, 0.3) is 0 Å². The topological polar surface area (TPSA) is 0 Å². The summed E-state index contributed by atoms with van der Waals surface area (Å²) in [6, 6.07) is 0. The average molecular weight is 463 g/mol. The summed E-state index contributed by atoms with van der Waals surface area (Å²) in [5.41, 5.74) is 2.30. The zero-order valence-corrected chi connectivity index (χ0v) is 21.5. The first-order valence-electron chi connectivity index (χ1n) is 10.9. The molecule has 0 bridgehead atoms. The first kappa shape index (κ1) is 25.6. The van der Waals surface area contributed by atoms with Gasteiger partial charge in [0.1, 0.15) is 0 Å². The molecule has 0 spiro atoms. The van der Waals surface area contributed by atoms with Crippen molar-refractivity contribution >= 4 is 18.4 Å². The first-order chi connectivity index (χ1) is 12.3. The van der Waals surface area contributed by atoms with Crippen LogP contribution in [0.15, 0.2) is 33.5 Å². The number of hydrogen-bond acceptors (Lipinski definition) is 0. The van der Waals surface area contributed by atoms with Crippen LogP contribution in [0.4, 0.5) is 0 Å². The van der Waals surface area contributed by atoms with E-state index in [0.29, 0.717) is 0 Å². The van der Waals surface area contributed by atoms with Crippen molar-refractivity contribution in [2.45, 2.75) is 106 Å². The molecule has 26 heavy (non-hydrogen) atoms. The third kappa shape index (κ3) is 14.7. The van der Waals surface area contributed by atoms with Gasteiger partial charge in [0.2, 0.25) is 0 Å². The molecule has 0 saturated carbocycles. The van der Waals surface area contributed by atoms with E-state index in [1.807, 2.05) is 6.92 Å². The van der Waals surface area contributed by atoms with E-state index < -0.39 is 18.4 Å². The molecule has 0 aromatic rings. The normalized spacial score (nSPS) is 12.7. The molecule has 0 fully saturated rings. The molecule has 0 amide bonds. The van der Waals surface area contributed by atoms with Crippen LogP contribution < -0.4 is 0 Å². The second kappa shape index (κ2) is 15.6. The second-order valence-electron chi connectivity index (χ2n) is 8.60. The fourth-order valence-corrected chi connectivity index (χ4v) is 7.11. The zero-order chi connectivity index (χ0) is 19.8. The van der Waals surface area contributed by atoms with E-state index in [1.165, 1.54) is 63.4 Å². The van der Waals surface area contributed by atoms with Gasteiger partial charge in [0.15, 0.2) is 0 Å². The Morgan fingerprint density at radius 2 is 1.46 bits per heavy atom. The number of unbranched alkanes of at least 4 members (excludes halogenated alkanes) is 7. The fraction of sp³-hybridized carbons (Fsp3) is 0.680. The van der Waals surface area contributed by atoms with E-state index in [0.717, 1.165) is 18.4 Å². The summed E-state index contributed by atoms with van der Waals surface area (Å²) < 4.78 is 1.75. The monoisotopic (exact) mass is 464 g/mol. The van der Waals surface area contributed by atoms with Crippen LogP contribution in [0.3, 0.4) is 0 Å². The van der Waals surface area contributed by atoms with Gasteiger partial charge in [-0.15, -0.1) is 0 Å². The van der Waals surface area contributed by atoms with Gasteiger partial charge < -0.3 is 0 Å². The number of hydrogen-bond donors (Lipinski definition) is 0. The van der Waals surface area contributed by atoms with E-state index in [1.54, 1.807) is 3.59 Å². The van der Waals surface area contributed by atoms with Crippen LogP contribution in [0.2, 0.25) is 14.8 Å². The molecule has 0 radical (unpaired) electrons. The van der Waals surface area contributed by atoms with E-state index in [4.69, 9.17) is 0 Å². The minimum atomic E-state index is -2.01. The van der Waals surface area contributed by atoms with Gasteiger partial charge in [0.25, 0.3) is 0 Å². The van der Waals surface area contributed by atoms with Crippen molar-refractivity contribution in [1.82, 2.24) is 0 Å². The first-order valence-corrected chi connectivity index (χ1v) is 20.9. The Kier molecular flexibility index (Phi) is 15.4. The van der Waals surface area contributed by atoms with Gasteiger partial charge in [-0.05, 0) is 0 Å². The van der Waals surface area contributed by atoms with Gasteiger partial charge >= 0.3 is 170 Å². The molecule has 0 aromatic heterocycles. The molecule has 0 rings (SSSR count). The summed E-state index contributed by atoms with van der Waals surface area (Å²) in [6.07, 6.45) is 19.2. The van der Waals surface area contributed by atoms with Crippen LogP contribution in [-0.4, -0.2) is 18.4 Å². The Morgan fingerprint density at radius 1 is 0.846 bits per heavy atom. The van der Waals surface area contributed by atoms with E-state index in [-0.39, 0.29) is 0 Å². The summed E-state index contributed by atoms with van der Waals surface area (Å²) in [5.74, 6) is 6.61. The third-order valence-corrected chi connectivity index (χ3v) is 11.4.